The molecule has 0 spiro atoms. The molecular weight excluding hydrogens is 240 g/mol. The predicted molar refractivity (Wildman–Crippen MR) is 62.3 cm³/mol. The maximum atomic E-state index is 13.0. The van der Waals surface area contributed by atoms with Crippen LogP contribution in [0, 0.1) is 11.8 Å². The molecule has 102 valence electrons. The fraction of sp³-hybridized carbons (Fsp3) is 0.846. The van der Waals surface area contributed by atoms with E-state index in [1.165, 1.54) is 0 Å². The molecule has 1 aliphatic heterocycles. The van der Waals surface area contributed by atoms with Gasteiger partial charge in [-0.2, -0.15) is 0 Å². The van der Waals surface area contributed by atoms with Gasteiger partial charge in [0.15, 0.2) is 0 Å². The van der Waals surface area contributed by atoms with Crippen molar-refractivity contribution in [2.24, 2.45) is 11.8 Å². The van der Waals surface area contributed by atoms with Gasteiger partial charge in [0.25, 0.3) is 0 Å². The van der Waals surface area contributed by atoms with Crippen LogP contribution in [0.4, 0.5) is 8.78 Å². The third-order valence-corrected chi connectivity index (χ3v) is 4.05. The summed E-state index contributed by atoms with van der Waals surface area (Å²) in [6.45, 7) is 2.72. The molecule has 3 nitrogen and oxygen atoms in total. The predicted octanol–water partition coefficient (Wildman–Crippen LogP) is 2.25. The number of piperidine rings is 1. The van der Waals surface area contributed by atoms with Gasteiger partial charge in [-0.15, -0.1) is 0 Å². The Morgan fingerprint density at radius 3 is 2.50 bits per heavy atom. The highest BCUT2D eigenvalue weighted by Crippen LogP contribution is 2.37. The van der Waals surface area contributed by atoms with Gasteiger partial charge in [-0.05, 0) is 12.8 Å². The number of carbonyl (C=O) groups excluding carboxylic acids is 2. The Morgan fingerprint density at radius 2 is 1.94 bits per heavy atom. The molecule has 0 aromatic carbocycles. The number of halogens is 2. The Bertz CT molecular complexity index is 347. The van der Waals surface area contributed by atoms with E-state index in [0.717, 1.165) is 0 Å². The molecule has 0 aromatic rings. The fourth-order valence-electron chi connectivity index (χ4n) is 2.76. The van der Waals surface area contributed by atoms with Gasteiger partial charge in [0.1, 0.15) is 5.78 Å². The second-order valence-corrected chi connectivity index (χ2v) is 5.53. The topological polar surface area (TPSA) is 37.4 Å². The van der Waals surface area contributed by atoms with Gasteiger partial charge < -0.3 is 4.90 Å². The smallest absolute Gasteiger partial charge is 0.248 e. The third kappa shape index (κ3) is 2.87. The molecular formula is C13H19F2NO2. The number of likely N-dealkylation sites (tertiary alicyclic amines) is 1. The summed E-state index contributed by atoms with van der Waals surface area (Å²) < 4.78 is 26.1. The van der Waals surface area contributed by atoms with Crippen LogP contribution in [0.2, 0.25) is 0 Å². The minimum absolute atomic E-state index is 0.0372. The SMILES string of the molecule is CC1CN(C(=O)C2CCC(F)(F)CC2)CCC1=O. The van der Waals surface area contributed by atoms with Crippen molar-refractivity contribution in [3.63, 3.8) is 0 Å². The molecule has 1 aliphatic carbocycles. The quantitative estimate of drug-likeness (QED) is 0.724. The Balaban J connectivity index is 1.90. The van der Waals surface area contributed by atoms with E-state index in [1.54, 1.807) is 4.90 Å². The van der Waals surface area contributed by atoms with Crippen molar-refractivity contribution < 1.29 is 18.4 Å². The second kappa shape index (κ2) is 4.94. The first-order valence-corrected chi connectivity index (χ1v) is 6.58. The molecule has 1 saturated carbocycles. The number of rotatable bonds is 1. The van der Waals surface area contributed by atoms with Gasteiger partial charge in [0.2, 0.25) is 11.8 Å². The van der Waals surface area contributed by atoms with Gasteiger partial charge in [0, 0.05) is 44.2 Å². The molecule has 2 aliphatic rings. The van der Waals surface area contributed by atoms with E-state index in [4.69, 9.17) is 0 Å². The van der Waals surface area contributed by atoms with Gasteiger partial charge in [-0.25, -0.2) is 8.78 Å². The van der Waals surface area contributed by atoms with E-state index < -0.39 is 5.92 Å². The van der Waals surface area contributed by atoms with Crippen molar-refractivity contribution in [3.8, 4) is 0 Å². The number of hydrogen-bond acceptors (Lipinski definition) is 2. The number of amides is 1. The van der Waals surface area contributed by atoms with Crippen LogP contribution in [0.25, 0.3) is 0 Å². The van der Waals surface area contributed by atoms with E-state index in [1.807, 2.05) is 6.92 Å². The van der Waals surface area contributed by atoms with Crippen molar-refractivity contribution in [3.05, 3.63) is 0 Å². The summed E-state index contributed by atoms with van der Waals surface area (Å²) in [5.41, 5.74) is 0. The van der Waals surface area contributed by atoms with Crippen LogP contribution < -0.4 is 0 Å². The number of nitrogens with zero attached hydrogens (tertiary/aromatic N) is 1. The van der Waals surface area contributed by atoms with Crippen LogP contribution in [0.1, 0.15) is 39.0 Å². The second-order valence-electron chi connectivity index (χ2n) is 5.53. The molecule has 1 heterocycles. The third-order valence-electron chi connectivity index (χ3n) is 4.05. The van der Waals surface area contributed by atoms with E-state index >= 15 is 0 Å². The van der Waals surface area contributed by atoms with Crippen LogP contribution >= 0.6 is 0 Å². The summed E-state index contributed by atoms with van der Waals surface area (Å²) in [5, 5.41) is 0. The molecule has 1 unspecified atom stereocenters. The fourth-order valence-corrected chi connectivity index (χ4v) is 2.76. The summed E-state index contributed by atoms with van der Waals surface area (Å²) >= 11 is 0. The largest absolute Gasteiger partial charge is 0.341 e. The standard InChI is InChI=1S/C13H19F2NO2/c1-9-8-16(7-4-11(9)17)12(18)10-2-5-13(14,15)6-3-10/h9-10H,2-8H2,1H3. The molecule has 5 heteroatoms. The number of ketones is 1. The first-order valence-electron chi connectivity index (χ1n) is 6.58. The maximum Gasteiger partial charge on any atom is 0.248 e. The summed E-state index contributed by atoms with van der Waals surface area (Å²) in [7, 11) is 0. The molecule has 1 saturated heterocycles. The molecule has 0 bridgehead atoms. The minimum Gasteiger partial charge on any atom is -0.341 e. The Hall–Kier alpha value is -1.00. The Labute approximate surface area is 106 Å². The average Bonchev–Trinajstić information content (AvgIpc) is 2.32. The van der Waals surface area contributed by atoms with Gasteiger partial charge in [-0.3, -0.25) is 9.59 Å². The van der Waals surface area contributed by atoms with E-state index in [2.05, 4.69) is 0 Å². The highest BCUT2D eigenvalue weighted by atomic mass is 19.3. The van der Waals surface area contributed by atoms with Gasteiger partial charge in [-0.1, -0.05) is 6.92 Å². The molecule has 1 amide bonds. The first kappa shape index (κ1) is 13.4. The molecule has 0 radical (unpaired) electrons. The normalized spacial score (nSPS) is 29.4. The number of hydrogen-bond donors (Lipinski definition) is 0. The number of Topliss-reactive ketones (excluding diaryl/α,β-unsaturated/α-hetero) is 1. The summed E-state index contributed by atoms with van der Waals surface area (Å²) in [5.74, 6) is -2.83. The van der Waals surface area contributed by atoms with E-state index in [9.17, 15) is 18.4 Å². The molecule has 0 N–H and O–H groups in total. The van der Waals surface area contributed by atoms with Crippen LogP contribution in [0.3, 0.4) is 0 Å². The molecule has 1 atom stereocenters. The van der Waals surface area contributed by atoms with Gasteiger partial charge >= 0.3 is 0 Å². The lowest BCUT2D eigenvalue weighted by molar-refractivity contribution is -0.143. The number of alkyl halides is 2. The Morgan fingerprint density at radius 1 is 1.33 bits per heavy atom. The lowest BCUT2D eigenvalue weighted by Gasteiger charge is -2.35. The monoisotopic (exact) mass is 259 g/mol. The molecule has 2 fully saturated rings. The van der Waals surface area contributed by atoms with Crippen molar-refractivity contribution >= 4 is 11.7 Å². The zero-order valence-corrected chi connectivity index (χ0v) is 10.6. The summed E-state index contributed by atoms with van der Waals surface area (Å²) in [6.07, 6.45) is 0.558. The van der Waals surface area contributed by atoms with Crippen molar-refractivity contribution in [2.75, 3.05) is 13.1 Å². The molecule has 18 heavy (non-hydrogen) atoms. The molecule has 2 rings (SSSR count). The van der Waals surface area contributed by atoms with Crippen molar-refractivity contribution in [2.45, 2.75) is 45.0 Å². The van der Waals surface area contributed by atoms with Crippen LogP contribution in [0.15, 0.2) is 0 Å². The summed E-state index contributed by atoms with van der Waals surface area (Å²) in [6, 6.07) is 0. The summed E-state index contributed by atoms with van der Waals surface area (Å²) in [4.78, 5) is 25.3. The van der Waals surface area contributed by atoms with Crippen molar-refractivity contribution in [1.82, 2.24) is 4.90 Å². The zero-order chi connectivity index (χ0) is 13.3. The Kier molecular flexibility index (Phi) is 3.69. The van der Waals surface area contributed by atoms with Crippen LogP contribution in [-0.4, -0.2) is 35.6 Å². The highest BCUT2D eigenvalue weighted by molar-refractivity contribution is 5.85. The average molecular weight is 259 g/mol. The van der Waals surface area contributed by atoms with E-state index in [-0.39, 0.29) is 49.2 Å². The van der Waals surface area contributed by atoms with Crippen molar-refractivity contribution in [1.29, 1.82) is 0 Å². The first-order chi connectivity index (χ1) is 8.39. The lowest BCUT2D eigenvalue weighted by Crippen LogP contribution is -2.46. The van der Waals surface area contributed by atoms with Gasteiger partial charge in [0.05, 0.1) is 0 Å². The minimum atomic E-state index is -2.60. The lowest BCUT2D eigenvalue weighted by atomic mass is 9.85. The number of carbonyl (C=O) groups is 2. The van der Waals surface area contributed by atoms with Crippen LogP contribution in [0.5, 0.6) is 0 Å². The molecule has 0 aromatic heterocycles. The van der Waals surface area contributed by atoms with E-state index in [0.29, 0.717) is 19.5 Å². The maximum absolute atomic E-state index is 13.0. The van der Waals surface area contributed by atoms with Crippen LogP contribution in [-0.2, 0) is 9.59 Å². The highest BCUT2D eigenvalue weighted by Gasteiger charge is 2.39. The zero-order valence-electron chi connectivity index (χ0n) is 10.6.